The van der Waals surface area contributed by atoms with Crippen LogP contribution in [0.3, 0.4) is 0 Å². The molecular weight excluding hydrogens is 452 g/mol. The summed E-state index contributed by atoms with van der Waals surface area (Å²) in [6, 6.07) is 13.1. The van der Waals surface area contributed by atoms with Gasteiger partial charge in [-0.3, -0.25) is 9.59 Å². The SMILES string of the molecule is COc1ccc(-c2csc(NC(=O)CN(C)S(=O)(=O)c3ccc(NC(C)=O)cc3)n2)cc1. The minimum absolute atomic E-state index is 0.0120. The Hall–Kier alpha value is -3.28. The molecule has 0 spiro atoms. The van der Waals surface area contributed by atoms with Gasteiger partial charge in [-0.2, -0.15) is 4.31 Å². The van der Waals surface area contributed by atoms with Crippen LogP contribution in [0.25, 0.3) is 11.3 Å². The Bertz CT molecular complexity index is 1210. The predicted octanol–water partition coefficient (Wildman–Crippen LogP) is 3.04. The number of nitrogens with one attached hydrogen (secondary N) is 2. The number of hydrogen-bond acceptors (Lipinski definition) is 7. The van der Waals surface area contributed by atoms with Crippen LogP contribution in [0, 0.1) is 0 Å². The van der Waals surface area contributed by atoms with Crippen LogP contribution >= 0.6 is 11.3 Å². The molecule has 2 amide bonds. The van der Waals surface area contributed by atoms with Crippen molar-refractivity contribution in [3.8, 4) is 17.0 Å². The molecule has 0 unspecified atom stereocenters. The smallest absolute Gasteiger partial charge is 0.243 e. The zero-order valence-corrected chi connectivity index (χ0v) is 19.3. The standard InChI is InChI=1S/C21H22N4O5S2/c1-14(26)22-16-6-10-18(11-7-16)32(28,29)25(2)12-20(27)24-21-23-19(13-31-21)15-4-8-17(30-3)9-5-15/h4-11,13H,12H2,1-3H3,(H,22,26)(H,23,24,27). The molecule has 3 aromatic rings. The highest BCUT2D eigenvalue weighted by Gasteiger charge is 2.23. The van der Waals surface area contributed by atoms with Gasteiger partial charge in [0, 0.05) is 30.6 Å². The quantitative estimate of drug-likeness (QED) is 0.518. The van der Waals surface area contributed by atoms with Crippen molar-refractivity contribution in [3.63, 3.8) is 0 Å². The maximum atomic E-state index is 12.7. The topological polar surface area (TPSA) is 118 Å². The number of methoxy groups -OCH3 is 1. The van der Waals surface area contributed by atoms with Crippen molar-refractivity contribution in [2.45, 2.75) is 11.8 Å². The van der Waals surface area contributed by atoms with Gasteiger partial charge in [0.2, 0.25) is 21.8 Å². The first-order chi connectivity index (χ1) is 15.2. The van der Waals surface area contributed by atoms with Crippen LogP contribution in [0.4, 0.5) is 10.8 Å². The molecule has 0 fully saturated rings. The Labute approximate surface area is 190 Å². The number of nitrogens with zero attached hydrogens (tertiary/aromatic N) is 2. The van der Waals surface area contributed by atoms with Gasteiger partial charge >= 0.3 is 0 Å². The molecule has 1 heterocycles. The number of hydrogen-bond donors (Lipinski definition) is 2. The fourth-order valence-electron chi connectivity index (χ4n) is 2.76. The Kier molecular flexibility index (Phi) is 7.23. The molecule has 0 saturated heterocycles. The number of aromatic nitrogens is 1. The van der Waals surface area contributed by atoms with Crippen molar-refractivity contribution in [3.05, 3.63) is 53.9 Å². The minimum Gasteiger partial charge on any atom is -0.497 e. The molecule has 2 aromatic carbocycles. The summed E-state index contributed by atoms with van der Waals surface area (Å²) in [5, 5.41) is 7.37. The van der Waals surface area contributed by atoms with Crippen LogP contribution < -0.4 is 15.4 Å². The molecule has 168 valence electrons. The van der Waals surface area contributed by atoms with Crippen molar-refractivity contribution >= 4 is 44.0 Å². The number of rotatable bonds is 8. The monoisotopic (exact) mass is 474 g/mol. The van der Waals surface area contributed by atoms with Gasteiger partial charge in [-0.05, 0) is 48.5 Å². The number of carbonyl (C=O) groups is 2. The summed E-state index contributed by atoms with van der Waals surface area (Å²) in [5.74, 6) is -0.0418. The van der Waals surface area contributed by atoms with Gasteiger partial charge in [-0.1, -0.05) is 0 Å². The van der Waals surface area contributed by atoms with E-state index in [4.69, 9.17) is 4.74 Å². The van der Waals surface area contributed by atoms with E-state index in [1.54, 1.807) is 12.5 Å². The minimum atomic E-state index is -3.89. The van der Waals surface area contributed by atoms with Gasteiger partial charge < -0.3 is 15.4 Å². The van der Waals surface area contributed by atoms with Gasteiger partial charge in [0.15, 0.2) is 5.13 Å². The number of carbonyl (C=O) groups excluding carboxylic acids is 2. The Morgan fingerprint density at radius 3 is 2.31 bits per heavy atom. The summed E-state index contributed by atoms with van der Waals surface area (Å²) in [6.45, 7) is 0.979. The van der Waals surface area contributed by atoms with Crippen LogP contribution in [0.15, 0.2) is 58.8 Å². The number of amides is 2. The van der Waals surface area contributed by atoms with E-state index in [1.807, 2.05) is 24.3 Å². The largest absolute Gasteiger partial charge is 0.497 e. The van der Waals surface area contributed by atoms with Crippen molar-refractivity contribution in [1.82, 2.24) is 9.29 Å². The molecule has 0 bridgehead atoms. The van der Waals surface area contributed by atoms with Crippen LogP contribution in [-0.4, -0.2) is 50.2 Å². The summed E-state index contributed by atoms with van der Waals surface area (Å²) in [6.07, 6.45) is 0. The van der Waals surface area contributed by atoms with Gasteiger partial charge in [-0.15, -0.1) is 11.3 Å². The lowest BCUT2D eigenvalue weighted by Gasteiger charge is -2.16. The Balaban J connectivity index is 1.62. The molecule has 3 rings (SSSR count). The van der Waals surface area contributed by atoms with Crippen molar-refractivity contribution in [2.24, 2.45) is 0 Å². The first kappa shape index (κ1) is 23.4. The van der Waals surface area contributed by atoms with Crippen LogP contribution in [-0.2, 0) is 19.6 Å². The number of thiazole rings is 1. The molecule has 0 atom stereocenters. The average Bonchev–Trinajstić information content (AvgIpc) is 3.22. The normalized spacial score (nSPS) is 11.2. The van der Waals surface area contributed by atoms with E-state index in [9.17, 15) is 18.0 Å². The summed E-state index contributed by atoms with van der Waals surface area (Å²) < 4.78 is 31.5. The molecule has 11 heteroatoms. The second-order valence-electron chi connectivity index (χ2n) is 6.78. The van der Waals surface area contributed by atoms with Crippen LogP contribution in [0.5, 0.6) is 5.75 Å². The predicted molar refractivity (Wildman–Crippen MR) is 123 cm³/mol. The Morgan fingerprint density at radius 2 is 1.72 bits per heavy atom. The molecule has 0 aliphatic heterocycles. The van der Waals surface area contributed by atoms with E-state index in [0.717, 1.165) is 15.6 Å². The third-order valence-electron chi connectivity index (χ3n) is 4.39. The maximum Gasteiger partial charge on any atom is 0.243 e. The Morgan fingerprint density at radius 1 is 1.06 bits per heavy atom. The van der Waals surface area contributed by atoms with Gasteiger partial charge in [0.05, 0.1) is 24.2 Å². The molecule has 9 nitrogen and oxygen atoms in total. The highest BCUT2D eigenvalue weighted by Crippen LogP contribution is 2.26. The van der Waals surface area contributed by atoms with Crippen molar-refractivity contribution in [1.29, 1.82) is 0 Å². The lowest BCUT2D eigenvalue weighted by Crippen LogP contribution is -2.34. The third-order valence-corrected chi connectivity index (χ3v) is 6.96. The molecule has 0 aliphatic carbocycles. The summed E-state index contributed by atoms with van der Waals surface area (Å²) in [4.78, 5) is 27.9. The van der Waals surface area contributed by atoms with E-state index in [-0.39, 0.29) is 17.3 Å². The average molecular weight is 475 g/mol. The zero-order valence-electron chi connectivity index (χ0n) is 17.7. The van der Waals surface area contributed by atoms with Crippen molar-refractivity contribution < 1.29 is 22.7 Å². The number of sulfonamides is 1. The fourth-order valence-corrected chi connectivity index (χ4v) is 4.63. The molecule has 0 radical (unpaired) electrons. The van der Waals surface area contributed by atoms with E-state index in [0.29, 0.717) is 16.5 Å². The summed E-state index contributed by atoms with van der Waals surface area (Å²) in [5.41, 5.74) is 2.03. The molecular formula is C21H22N4O5S2. The number of likely N-dealkylation sites (N-methyl/N-ethyl adjacent to an activating group) is 1. The van der Waals surface area contributed by atoms with E-state index >= 15 is 0 Å². The number of ether oxygens (including phenoxy) is 1. The lowest BCUT2D eigenvalue weighted by atomic mass is 10.2. The molecule has 0 aliphatic rings. The first-order valence-electron chi connectivity index (χ1n) is 9.43. The van der Waals surface area contributed by atoms with Gasteiger partial charge in [0.1, 0.15) is 5.75 Å². The molecule has 1 aromatic heterocycles. The fraction of sp³-hybridized carbons (Fsp3) is 0.190. The second kappa shape index (κ2) is 9.90. The van der Waals surface area contributed by atoms with Gasteiger partial charge in [0.25, 0.3) is 0 Å². The van der Waals surface area contributed by atoms with E-state index in [2.05, 4.69) is 15.6 Å². The zero-order chi connectivity index (χ0) is 23.3. The van der Waals surface area contributed by atoms with Crippen molar-refractivity contribution in [2.75, 3.05) is 31.3 Å². The maximum absolute atomic E-state index is 12.7. The van der Waals surface area contributed by atoms with E-state index in [1.165, 1.54) is 49.6 Å². The molecule has 0 saturated carbocycles. The lowest BCUT2D eigenvalue weighted by molar-refractivity contribution is -0.116. The second-order valence-corrected chi connectivity index (χ2v) is 9.68. The highest BCUT2D eigenvalue weighted by molar-refractivity contribution is 7.89. The number of benzene rings is 2. The molecule has 2 N–H and O–H groups in total. The summed E-state index contributed by atoms with van der Waals surface area (Å²) >= 11 is 1.24. The van der Waals surface area contributed by atoms with Crippen LogP contribution in [0.1, 0.15) is 6.92 Å². The third kappa shape index (κ3) is 5.69. The summed E-state index contributed by atoms with van der Waals surface area (Å²) in [7, 11) is -0.977. The van der Waals surface area contributed by atoms with Gasteiger partial charge in [-0.25, -0.2) is 13.4 Å². The number of anilines is 2. The molecule has 32 heavy (non-hydrogen) atoms. The van der Waals surface area contributed by atoms with E-state index < -0.39 is 15.9 Å². The van der Waals surface area contributed by atoms with Crippen LogP contribution in [0.2, 0.25) is 0 Å². The first-order valence-corrected chi connectivity index (χ1v) is 11.7. The highest BCUT2D eigenvalue weighted by atomic mass is 32.2.